The molecule has 1 fully saturated rings. The van der Waals surface area contributed by atoms with Crippen LogP contribution in [0.4, 0.5) is 4.39 Å². The zero-order valence-corrected chi connectivity index (χ0v) is 5.60. The number of halogens is 1. The smallest absolute Gasteiger partial charge is 0.147 e. The minimum absolute atomic E-state index is 0.336. The van der Waals surface area contributed by atoms with Gasteiger partial charge < -0.3 is 10.0 Å². The summed E-state index contributed by atoms with van der Waals surface area (Å²) in [5, 5.41) is 8.54. The van der Waals surface area contributed by atoms with Crippen molar-refractivity contribution in [3.63, 3.8) is 0 Å². The van der Waals surface area contributed by atoms with Gasteiger partial charge in [-0.1, -0.05) is 0 Å². The van der Waals surface area contributed by atoms with Gasteiger partial charge in [0.2, 0.25) is 0 Å². The Labute approximate surface area is 54.3 Å². The van der Waals surface area contributed by atoms with Crippen molar-refractivity contribution in [1.82, 2.24) is 4.90 Å². The van der Waals surface area contributed by atoms with Crippen molar-refractivity contribution in [1.29, 1.82) is 0 Å². The highest BCUT2D eigenvalue weighted by molar-refractivity contribution is 4.88. The van der Waals surface area contributed by atoms with Crippen LogP contribution in [-0.2, 0) is 0 Å². The molecule has 0 saturated carbocycles. The quantitative estimate of drug-likeness (QED) is 0.545. The molecule has 54 valence electrons. The Balaban J connectivity index is 2.45. The highest BCUT2D eigenvalue weighted by Gasteiger charge is 2.35. The molecule has 1 heterocycles. The Bertz CT molecular complexity index is 109. The van der Waals surface area contributed by atoms with Crippen LogP contribution in [0.1, 0.15) is 6.42 Å². The number of hydrogen-bond donors (Lipinski definition) is 1. The fraction of sp³-hybridized carbons (Fsp3) is 1.00. The van der Waals surface area contributed by atoms with E-state index in [4.69, 9.17) is 5.11 Å². The number of alkyl halides is 1. The summed E-state index contributed by atoms with van der Waals surface area (Å²) >= 11 is 0. The fourth-order valence-corrected chi connectivity index (χ4v) is 1.16. The molecule has 0 bridgehead atoms. The lowest BCUT2D eigenvalue weighted by Crippen LogP contribution is -2.30. The highest BCUT2D eigenvalue weighted by atomic mass is 19.1. The maximum atomic E-state index is 13.0. The molecule has 0 unspecified atom stereocenters. The Morgan fingerprint density at radius 2 is 2.44 bits per heavy atom. The van der Waals surface area contributed by atoms with Gasteiger partial charge in [0.1, 0.15) is 5.67 Å². The fourth-order valence-electron chi connectivity index (χ4n) is 1.16. The van der Waals surface area contributed by atoms with Crippen LogP contribution < -0.4 is 0 Å². The summed E-state index contributed by atoms with van der Waals surface area (Å²) < 4.78 is 13.0. The predicted molar refractivity (Wildman–Crippen MR) is 33.0 cm³/mol. The first kappa shape index (κ1) is 6.96. The lowest BCUT2D eigenvalue weighted by Gasteiger charge is -2.14. The summed E-state index contributed by atoms with van der Waals surface area (Å²) in [6.45, 7) is 0.803. The molecule has 9 heavy (non-hydrogen) atoms. The largest absolute Gasteiger partial charge is 0.393 e. The highest BCUT2D eigenvalue weighted by Crippen LogP contribution is 2.23. The third kappa shape index (κ3) is 1.40. The predicted octanol–water partition coefficient (Wildman–Crippen LogP) is 0.0225. The molecular formula is C6H12FNO. The molecule has 2 nitrogen and oxygen atoms in total. The molecule has 1 rings (SSSR count). The van der Waals surface area contributed by atoms with E-state index >= 15 is 0 Å². The monoisotopic (exact) mass is 133 g/mol. The average molecular weight is 133 g/mol. The van der Waals surface area contributed by atoms with Gasteiger partial charge in [0.15, 0.2) is 0 Å². The van der Waals surface area contributed by atoms with Crippen LogP contribution in [0, 0.1) is 0 Å². The average Bonchev–Trinajstić information content (AvgIpc) is 2.13. The zero-order chi connectivity index (χ0) is 6.91. The van der Waals surface area contributed by atoms with Crippen molar-refractivity contribution in [2.75, 3.05) is 26.7 Å². The molecule has 0 aromatic rings. The van der Waals surface area contributed by atoms with Gasteiger partial charge in [0.25, 0.3) is 0 Å². The summed E-state index contributed by atoms with van der Waals surface area (Å²) in [5.74, 6) is 0. The first-order valence-electron chi connectivity index (χ1n) is 3.15. The number of rotatable bonds is 1. The molecule has 1 N–H and O–H groups in total. The molecule has 1 atom stereocenters. The van der Waals surface area contributed by atoms with Gasteiger partial charge >= 0.3 is 0 Å². The van der Waals surface area contributed by atoms with Gasteiger partial charge in [-0.2, -0.15) is 0 Å². The number of nitrogens with zero attached hydrogens (tertiary/aromatic N) is 1. The lowest BCUT2D eigenvalue weighted by molar-refractivity contribution is 0.0805. The van der Waals surface area contributed by atoms with Crippen LogP contribution in [0.3, 0.4) is 0 Å². The number of likely N-dealkylation sites (tertiary alicyclic amines) is 1. The molecule has 0 aliphatic carbocycles. The van der Waals surface area contributed by atoms with Crippen LogP contribution in [0.25, 0.3) is 0 Å². The van der Waals surface area contributed by atoms with Crippen molar-refractivity contribution in [2.24, 2.45) is 0 Å². The Kier molecular flexibility index (Phi) is 1.73. The van der Waals surface area contributed by atoms with E-state index < -0.39 is 5.67 Å². The van der Waals surface area contributed by atoms with E-state index in [1.165, 1.54) is 0 Å². The zero-order valence-electron chi connectivity index (χ0n) is 5.60. The Morgan fingerprint density at radius 3 is 2.67 bits per heavy atom. The summed E-state index contributed by atoms with van der Waals surface area (Å²) in [6, 6.07) is 0. The van der Waals surface area contributed by atoms with Gasteiger partial charge in [0, 0.05) is 13.1 Å². The second-order valence-electron chi connectivity index (χ2n) is 2.80. The number of hydrogen-bond acceptors (Lipinski definition) is 2. The van der Waals surface area contributed by atoms with Gasteiger partial charge in [-0.15, -0.1) is 0 Å². The molecule has 0 spiro atoms. The topological polar surface area (TPSA) is 23.5 Å². The number of aliphatic hydroxyl groups is 1. The molecule has 1 aliphatic rings. The van der Waals surface area contributed by atoms with Crippen LogP contribution in [-0.4, -0.2) is 42.4 Å². The van der Waals surface area contributed by atoms with E-state index in [9.17, 15) is 4.39 Å². The van der Waals surface area contributed by atoms with Crippen LogP contribution >= 0.6 is 0 Å². The first-order valence-corrected chi connectivity index (χ1v) is 3.15. The van der Waals surface area contributed by atoms with E-state index in [0.29, 0.717) is 13.0 Å². The van der Waals surface area contributed by atoms with Gasteiger partial charge in [-0.05, 0) is 13.5 Å². The summed E-state index contributed by atoms with van der Waals surface area (Å²) in [6.07, 6.45) is 0.472. The normalized spacial score (nSPS) is 37.7. The summed E-state index contributed by atoms with van der Waals surface area (Å²) in [5.41, 5.74) is -1.31. The van der Waals surface area contributed by atoms with Crippen molar-refractivity contribution < 1.29 is 9.50 Å². The molecule has 1 saturated heterocycles. The van der Waals surface area contributed by atoms with E-state index in [-0.39, 0.29) is 6.61 Å². The Hall–Kier alpha value is -0.150. The Morgan fingerprint density at radius 1 is 1.78 bits per heavy atom. The maximum absolute atomic E-state index is 13.0. The van der Waals surface area contributed by atoms with Crippen LogP contribution in [0.2, 0.25) is 0 Å². The van der Waals surface area contributed by atoms with Crippen LogP contribution in [0.15, 0.2) is 0 Å². The van der Waals surface area contributed by atoms with Crippen molar-refractivity contribution in [3.05, 3.63) is 0 Å². The first-order chi connectivity index (χ1) is 4.16. The second-order valence-corrected chi connectivity index (χ2v) is 2.80. The molecule has 3 heteroatoms. The SMILES string of the molecule is CN1CC[C@@](F)(CO)C1. The summed E-state index contributed by atoms with van der Waals surface area (Å²) in [4.78, 5) is 1.89. The van der Waals surface area contributed by atoms with Gasteiger partial charge in [-0.3, -0.25) is 0 Å². The minimum Gasteiger partial charge on any atom is -0.393 e. The van der Waals surface area contributed by atoms with E-state index in [1.807, 2.05) is 11.9 Å². The standard InChI is InChI=1S/C6H12FNO/c1-8-3-2-6(7,4-8)5-9/h9H,2-5H2,1H3/t6-/m0/s1. The molecule has 0 amide bonds. The third-order valence-electron chi connectivity index (χ3n) is 1.78. The molecule has 0 aromatic heterocycles. The molecule has 0 radical (unpaired) electrons. The molecule has 0 aromatic carbocycles. The lowest BCUT2D eigenvalue weighted by atomic mass is 10.1. The maximum Gasteiger partial charge on any atom is 0.147 e. The van der Waals surface area contributed by atoms with Crippen LogP contribution in [0.5, 0.6) is 0 Å². The minimum atomic E-state index is -1.31. The number of aliphatic hydroxyl groups excluding tert-OH is 1. The molecular weight excluding hydrogens is 121 g/mol. The second kappa shape index (κ2) is 2.23. The third-order valence-corrected chi connectivity index (χ3v) is 1.78. The summed E-state index contributed by atoms with van der Waals surface area (Å²) in [7, 11) is 1.86. The van der Waals surface area contributed by atoms with E-state index in [2.05, 4.69) is 0 Å². The van der Waals surface area contributed by atoms with Crippen molar-refractivity contribution in [3.8, 4) is 0 Å². The molecule has 1 aliphatic heterocycles. The van der Waals surface area contributed by atoms with E-state index in [1.54, 1.807) is 0 Å². The van der Waals surface area contributed by atoms with Gasteiger partial charge in [-0.25, -0.2) is 4.39 Å². The van der Waals surface area contributed by atoms with Crippen molar-refractivity contribution in [2.45, 2.75) is 12.1 Å². The van der Waals surface area contributed by atoms with Crippen molar-refractivity contribution >= 4 is 0 Å². The van der Waals surface area contributed by atoms with Gasteiger partial charge in [0.05, 0.1) is 6.61 Å². The van der Waals surface area contributed by atoms with E-state index in [0.717, 1.165) is 6.54 Å².